The summed E-state index contributed by atoms with van der Waals surface area (Å²) in [6.07, 6.45) is 5.48. The molecule has 0 bridgehead atoms. The molecule has 0 saturated carbocycles. The van der Waals surface area contributed by atoms with Gasteiger partial charge in [0.25, 0.3) is 0 Å². The van der Waals surface area contributed by atoms with Crippen molar-refractivity contribution in [3.05, 3.63) is 60.7 Å². The Morgan fingerprint density at radius 3 is 2.94 bits per heavy atom. The Balaban J connectivity index is 1.54. The molecule has 4 aromatic rings. The lowest BCUT2D eigenvalue weighted by Crippen LogP contribution is -2.37. The third kappa shape index (κ3) is 3.68. The molecule has 1 aliphatic heterocycles. The van der Waals surface area contributed by atoms with Crippen molar-refractivity contribution in [2.45, 2.75) is 18.5 Å². The predicted molar refractivity (Wildman–Crippen MR) is 130 cm³/mol. The van der Waals surface area contributed by atoms with Crippen LogP contribution in [0.15, 0.2) is 49.4 Å². The van der Waals surface area contributed by atoms with Crippen LogP contribution in [0.3, 0.4) is 0 Å². The number of benzene rings is 1. The molecule has 1 aromatic carbocycles. The number of hydrogen-bond donors (Lipinski definition) is 1. The number of nitrogens with zero attached hydrogens (tertiary/aromatic N) is 6. The van der Waals surface area contributed by atoms with E-state index >= 15 is 0 Å². The molecule has 3 aromatic heterocycles. The number of rotatable bonds is 4. The van der Waals surface area contributed by atoms with E-state index in [-0.39, 0.29) is 18.0 Å². The van der Waals surface area contributed by atoms with E-state index in [2.05, 4.69) is 28.4 Å². The van der Waals surface area contributed by atoms with Crippen LogP contribution < -0.4 is 5.73 Å². The van der Waals surface area contributed by atoms with Crippen LogP contribution in [-0.2, 0) is 16.6 Å². The van der Waals surface area contributed by atoms with E-state index in [1.54, 1.807) is 24.5 Å². The molecule has 1 aliphatic rings. The highest BCUT2D eigenvalue weighted by molar-refractivity contribution is 5.93. The Labute approximate surface area is 196 Å². The molecular weight excluding hydrogens is 430 g/mol. The number of aromatic nitrogens is 5. The van der Waals surface area contributed by atoms with Gasteiger partial charge in [-0.05, 0) is 42.7 Å². The van der Waals surface area contributed by atoms with Gasteiger partial charge in [0, 0.05) is 32.5 Å². The molecule has 172 valence electrons. The second-order valence-corrected chi connectivity index (χ2v) is 8.39. The van der Waals surface area contributed by atoms with Gasteiger partial charge < -0.3 is 19.9 Å². The molecule has 1 amide bonds. The minimum Gasteiger partial charge on any atom is -0.383 e. The predicted octanol–water partition coefficient (Wildman–Crippen LogP) is 2.27. The lowest BCUT2D eigenvalue weighted by molar-refractivity contribution is -0.127. The number of fused-ring (bicyclic) bond motifs is 2. The maximum absolute atomic E-state index is 12.4. The van der Waals surface area contributed by atoms with E-state index in [1.165, 1.54) is 6.08 Å². The first kappa shape index (κ1) is 21.7. The Bertz CT molecular complexity index is 1470. The van der Waals surface area contributed by atoms with Gasteiger partial charge in [0.1, 0.15) is 11.5 Å². The molecular formula is C25H25N7O2. The first-order valence-electron chi connectivity index (χ1n) is 11.0. The fourth-order valence-corrected chi connectivity index (χ4v) is 4.63. The number of amides is 1. The highest BCUT2D eigenvalue weighted by Gasteiger charge is 2.36. The number of carbonyl (C=O) groups excluding carboxylic acids is 1. The normalized spacial score (nSPS) is 17.8. The van der Waals surface area contributed by atoms with E-state index in [9.17, 15) is 4.79 Å². The summed E-state index contributed by atoms with van der Waals surface area (Å²) >= 11 is 0. The van der Waals surface area contributed by atoms with Crippen molar-refractivity contribution < 1.29 is 9.53 Å². The smallest absolute Gasteiger partial charge is 0.246 e. The summed E-state index contributed by atoms with van der Waals surface area (Å²) in [4.78, 5) is 22.9. The minimum absolute atomic E-state index is 0.0474. The number of imidazole rings is 1. The van der Waals surface area contributed by atoms with Crippen molar-refractivity contribution in [2.24, 2.45) is 7.05 Å². The fraction of sp³-hybridized carbons (Fsp3) is 0.280. The lowest BCUT2D eigenvalue weighted by Gasteiger charge is -2.22. The number of pyridine rings is 1. The lowest BCUT2D eigenvalue weighted by atomic mass is 10.1. The van der Waals surface area contributed by atoms with Crippen LogP contribution in [0.4, 0.5) is 5.82 Å². The summed E-state index contributed by atoms with van der Waals surface area (Å²) < 4.78 is 9.23. The largest absolute Gasteiger partial charge is 0.383 e. The summed E-state index contributed by atoms with van der Waals surface area (Å²) in [6, 6.07) is 7.69. The van der Waals surface area contributed by atoms with Crippen LogP contribution in [0.2, 0.25) is 0 Å². The fourth-order valence-electron chi connectivity index (χ4n) is 4.63. The number of likely N-dealkylation sites (tertiary alicyclic amines) is 1. The third-order valence-corrected chi connectivity index (χ3v) is 6.26. The molecule has 0 unspecified atom stereocenters. The monoisotopic (exact) mass is 455 g/mol. The zero-order valence-corrected chi connectivity index (χ0v) is 19.1. The third-order valence-electron chi connectivity index (χ3n) is 6.26. The van der Waals surface area contributed by atoms with Gasteiger partial charge in [-0.1, -0.05) is 12.5 Å². The van der Waals surface area contributed by atoms with Gasteiger partial charge in [-0.3, -0.25) is 9.48 Å². The number of carbonyl (C=O) groups is 1. The number of hydrogen-bond acceptors (Lipinski definition) is 6. The van der Waals surface area contributed by atoms with Crippen molar-refractivity contribution in [1.82, 2.24) is 29.2 Å². The van der Waals surface area contributed by atoms with Gasteiger partial charge >= 0.3 is 0 Å². The highest BCUT2D eigenvalue weighted by atomic mass is 16.5. The van der Waals surface area contributed by atoms with E-state index in [1.807, 2.05) is 40.6 Å². The second kappa shape index (κ2) is 8.65. The van der Waals surface area contributed by atoms with Gasteiger partial charge in [0.15, 0.2) is 0 Å². The van der Waals surface area contributed by atoms with Crippen molar-refractivity contribution >= 4 is 33.7 Å². The standard InChI is InChI=1S/C25H25N7O2/c1-4-23(33)31-13-17(12-18(31)14-34-3)32-22-9-10-27-25(26)24(22)19(29-32)7-5-16-6-8-21-20(11-16)28-15-30(21)2/h4,6,8-11,15,17-18H,1,12-14H2,2-3H3,(H2,26,27)/t17-,18+/m0/s1. The Morgan fingerprint density at radius 1 is 1.29 bits per heavy atom. The quantitative estimate of drug-likeness (QED) is 0.374. The summed E-state index contributed by atoms with van der Waals surface area (Å²) in [7, 11) is 3.59. The molecule has 9 nitrogen and oxygen atoms in total. The van der Waals surface area contributed by atoms with Crippen LogP contribution in [-0.4, -0.2) is 61.4 Å². The topological polar surface area (TPSA) is 104 Å². The number of nitrogens with two attached hydrogens (primary N) is 1. The van der Waals surface area contributed by atoms with E-state index in [4.69, 9.17) is 15.6 Å². The Morgan fingerprint density at radius 2 is 2.15 bits per heavy atom. The molecule has 2 N–H and O–H groups in total. The maximum atomic E-state index is 12.4. The molecule has 9 heteroatoms. The van der Waals surface area contributed by atoms with E-state index in [0.29, 0.717) is 36.5 Å². The molecule has 2 atom stereocenters. The molecule has 34 heavy (non-hydrogen) atoms. The van der Waals surface area contributed by atoms with Crippen LogP contribution in [0.1, 0.15) is 23.7 Å². The van der Waals surface area contributed by atoms with Gasteiger partial charge in [-0.2, -0.15) is 5.10 Å². The van der Waals surface area contributed by atoms with E-state index < -0.39 is 0 Å². The Hall–Kier alpha value is -4.16. The van der Waals surface area contributed by atoms with Crippen LogP contribution in [0.25, 0.3) is 21.9 Å². The van der Waals surface area contributed by atoms with Crippen molar-refractivity contribution in [1.29, 1.82) is 0 Å². The molecule has 0 aliphatic carbocycles. The van der Waals surface area contributed by atoms with Gasteiger partial charge in [-0.15, -0.1) is 0 Å². The molecule has 5 rings (SSSR count). The first-order chi connectivity index (χ1) is 16.5. The summed E-state index contributed by atoms with van der Waals surface area (Å²) in [6.45, 7) is 4.58. The SMILES string of the molecule is C=CC(=O)N1C[C@@H](n2nc(C#Cc3ccc4c(c3)ncn4C)c3c(N)nccc32)C[C@@H]1COC. The van der Waals surface area contributed by atoms with Crippen molar-refractivity contribution in [3.8, 4) is 11.8 Å². The van der Waals surface area contributed by atoms with Gasteiger partial charge in [-0.25, -0.2) is 9.97 Å². The number of aryl methyl sites for hydroxylation is 1. The van der Waals surface area contributed by atoms with E-state index in [0.717, 1.165) is 22.1 Å². The molecule has 0 radical (unpaired) electrons. The number of methoxy groups -OCH3 is 1. The zero-order valence-electron chi connectivity index (χ0n) is 19.1. The minimum atomic E-state index is -0.118. The highest BCUT2D eigenvalue weighted by Crippen LogP contribution is 2.32. The number of anilines is 1. The van der Waals surface area contributed by atoms with Gasteiger partial charge in [0.05, 0.1) is 47.0 Å². The summed E-state index contributed by atoms with van der Waals surface area (Å²) in [5.41, 5.74) is 10.4. The average Bonchev–Trinajstić information content (AvgIpc) is 3.53. The maximum Gasteiger partial charge on any atom is 0.246 e. The van der Waals surface area contributed by atoms with Gasteiger partial charge in [0.2, 0.25) is 5.91 Å². The van der Waals surface area contributed by atoms with Crippen molar-refractivity contribution in [2.75, 3.05) is 26.0 Å². The summed E-state index contributed by atoms with van der Waals surface area (Å²) in [5, 5.41) is 5.54. The number of ether oxygens (including phenoxy) is 1. The molecule has 1 fully saturated rings. The molecule has 4 heterocycles. The van der Waals surface area contributed by atoms with Crippen molar-refractivity contribution in [3.63, 3.8) is 0 Å². The average molecular weight is 456 g/mol. The zero-order chi connectivity index (χ0) is 23.8. The first-order valence-corrected chi connectivity index (χ1v) is 11.0. The summed E-state index contributed by atoms with van der Waals surface area (Å²) in [5.74, 6) is 6.63. The Kier molecular flexibility index (Phi) is 5.51. The van der Waals surface area contributed by atoms with Crippen LogP contribution in [0, 0.1) is 11.8 Å². The second-order valence-electron chi connectivity index (χ2n) is 8.39. The van der Waals surface area contributed by atoms with Crippen LogP contribution in [0.5, 0.6) is 0 Å². The number of nitrogen functional groups attached to an aromatic ring is 1. The molecule has 0 spiro atoms. The molecule has 1 saturated heterocycles. The van der Waals surface area contributed by atoms with Crippen LogP contribution >= 0.6 is 0 Å².